The third-order valence-electron chi connectivity index (χ3n) is 4.95. The van der Waals surface area contributed by atoms with E-state index >= 15 is 0 Å². The summed E-state index contributed by atoms with van der Waals surface area (Å²) in [5, 5.41) is 10.1. The molecule has 0 fully saturated rings. The molecular weight excluding hydrogens is 507 g/mol. The summed E-state index contributed by atoms with van der Waals surface area (Å²) in [6, 6.07) is 3.82. The number of halogens is 13. The fraction of sp³-hybridized carbons (Fsp3) is 0.684. The second kappa shape index (κ2) is 8.94. The molecule has 1 N–H and O–H groups in total. The molecule has 0 spiro atoms. The van der Waals surface area contributed by atoms with Gasteiger partial charge in [0.2, 0.25) is 0 Å². The topological polar surface area (TPSA) is 29.5 Å². The molecule has 1 aromatic carbocycles. The summed E-state index contributed by atoms with van der Waals surface area (Å²) in [5.41, 5.74) is -3.78. The van der Waals surface area contributed by atoms with Crippen LogP contribution in [0.15, 0.2) is 24.3 Å². The number of hydrogen-bond acceptors (Lipinski definition) is 2. The molecule has 0 amide bonds. The highest BCUT2D eigenvalue weighted by molar-refractivity contribution is 5.31. The van der Waals surface area contributed by atoms with Gasteiger partial charge >= 0.3 is 35.8 Å². The van der Waals surface area contributed by atoms with Crippen molar-refractivity contribution < 1.29 is 66.9 Å². The van der Waals surface area contributed by atoms with Crippen molar-refractivity contribution in [1.82, 2.24) is 0 Å². The quantitative estimate of drug-likeness (QED) is 0.327. The van der Waals surface area contributed by atoms with Crippen LogP contribution < -0.4 is 4.74 Å². The van der Waals surface area contributed by atoms with Gasteiger partial charge in [0.05, 0.1) is 18.1 Å². The van der Waals surface area contributed by atoms with Crippen LogP contribution in [0.1, 0.15) is 39.2 Å². The smallest absolute Gasteiger partial charge is 0.460 e. The van der Waals surface area contributed by atoms with E-state index in [9.17, 15) is 62.2 Å². The van der Waals surface area contributed by atoms with Crippen molar-refractivity contribution in [3.8, 4) is 5.75 Å². The zero-order valence-corrected chi connectivity index (χ0v) is 17.6. The normalized spacial score (nSPS) is 17.3. The Hall–Kier alpha value is -1.93. The van der Waals surface area contributed by atoms with Gasteiger partial charge in [-0.05, 0) is 38.0 Å². The van der Waals surface area contributed by atoms with Gasteiger partial charge in [-0.1, -0.05) is 19.1 Å². The highest BCUT2D eigenvalue weighted by atomic mass is 19.4. The van der Waals surface area contributed by atoms with E-state index in [0.717, 1.165) is 24.3 Å². The molecule has 0 saturated heterocycles. The first-order chi connectivity index (χ1) is 14.9. The molecule has 0 aliphatic heterocycles. The Morgan fingerprint density at radius 1 is 0.735 bits per heavy atom. The van der Waals surface area contributed by atoms with E-state index in [-0.39, 0.29) is 11.9 Å². The fourth-order valence-corrected chi connectivity index (χ4v) is 2.66. The average Bonchev–Trinajstić information content (AvgIpc) is 2.66. The molecule has 2 unspecified atom stereocenters. The van der Waals surface area contributed by atoms with E-state index < -0.39 is 53.4 Å². The molecule has 198 valence electrons. The molecule has 1 rings (SSSR count). The average molecular weight is 526 g/mol. The first-order valence-corrected chi connectivity index (χ1v) is 9.34. The van der Waals surface area contributed by atoms with E-state index in [1.807, 2.05) is 0 Å². The lowest BCUT2D eigenvalue weighted by molar-refractivity contribution is -0.441. The molecule has 1 aromatic rings. The van der Waals surface area contributed by atoms with Crippen LogP contribution in [-0.4, -0.2) is 47.0 Å². The predicted molar refractivity (Wildman–Crippen MR) is 91.8 cm³/mol. The van der Waals surface area contributed by atoms with Gasteiger partial charge in [0.25, 0.3) is 0 Å². The Kier molecular flexibility index (Phi) is 7.91. The Morgan fingerprint density at radius 3 is 1.53 bits per heavy atom. The number of hydrogen-bond donors (Lipinski definition) is 1. The van der Waals surface area contributed by atoms with Crippen LogP contribution >= 0.6 is 0 Å². The van der Waals surface area contributed by atoms with Gasteiger partial charge in [-0.3, -0.25) is 0 Å². The number of benzene rings is 1. The predicted octanol–water partition coefficient (Wildman–Crippen LogP) is 7.20. The van der Waals surface area contributed by atoms with Crippen molar-refractivity contribution in [2.45, 2.75) is 81.1 Å². The summed E-state index contributed by atoms with van der Waals surface area (Å²) in [6.45, 7) is 3.78. The lowest BCUT2D eigenvalue weighted by Gasteiger charge is -2.41. The van der Waals surface area contributed by atoms with Crippen molar-refractivity contribution in [3.05, 3.63) is 29.8 Å². The molecule has 0 aromatic heterocycles. The van der Waals surface area contributed by atoms with Crippen molar-refractivity contribution in [2.24, 2.45) is 0 Å². The summed E-state index contributed by atoms with van der Waals surface area (Å²) in [5.74, 6) is -37.4. The minimum absolute atomic E-state index is 0.117. The Labute approximate surface area is 184 Å². The molecule has 0 saturated carbocycles. The third-order valence-corrected chi connectivity index (χ3v) is 4.95. The molecule has 2 nitrogen and oxygen atoms in total. The maximum atomic E-state index is 14.1. The zero-order valence-electron chi connectivity index (χ0n) is 17.6. The second-order valence-electron chi connectivity index (χ2n) is 7.81. The standard InChI is InChI=1S/C19H19F13O2/c1-4-10(2)34-12-7-5-11(6-8-12)13(3,33)9-14(20,21)15(22,23)16(24,25)17(26,27)18(28,29)19(30,31)32/h5-8,10,33H,4,9H2,1-3H3. The Morgan fingerprint density at radius 2 is 1.15 bits per heavy atom. The van der Waals surface area contributed by atoms with Crippen LogP contribution in [0.2, 0.25) is 0 Å². The van der Waals surface area contributed by atoms with E-state index in [0.29, 0.717) is 13.3 Å². The molecule has 0 aliphatic carbocycles. The maximum absolute atomic E-state index is 14.1. The number of ether oxygens (including phenoxy) is 1. The van der Waals surface area contributed by atoms with Gasteiger partial charge in [-0.25, -0.2) is 0 Å². The van der Waals surface area contributed by atoms with Crippen LogP contribution in [0.4, 0.5) is 57.1 Å². The van der Waals surface area contributed by atoms with Crippen LogP contribution in [-0.2, 0) is 5.60 Å². The fourth-order valence-electron chi connectivity index (χ4n) is 2.66. The van der Waals surface area contributed by atoms with E-state index in [1.54, 1.807) is 13.8 Å². The highest BCUT2D eigenvalue weighted by Gasteiger charge is 2.90. The van der Waals surface area contributed by atoms with Crippen LogP contribution in [0.5, 0.6) is 5.75 Å². The summed E-state index contributed by atoms with van der Waals surface area (Å²) >= 11 is 0. The van der Waals surface area contributed by atoms with E-state index in [2.05, 4.69) is 0 Å². The number of rotatable bonds is 10. The van der Waals surface area contributed by atoms with Crippen LogP contribution in [0.3, 0.4) is 0 Å². The van der Waals surface area contributed by atoms with Crippen LogP contribution in [0.25, 0.3) is 0 Å². The summed E-state index contributed by atoms with van der Waals surface area (Å²) in [7, 11) is 0. The Bertz CT molecular complexity index is 830. The maximum Gasteiger partial charge on any atom is 0.460 e. The van der Waals surface area contributed by atoms with Crippen molar-refractivity contribution in [1.29, 1.82) is 0 Å². The molecule has 0 bridgehead atoms. The van der Waals surface area contributed by atoms with Crippen molar-refractivity contribution in [2.75, 3.05) is 0 Å². The van der Waals surface area contributed by atoms with Gasteiger partial charge in [0.1, 0.15) is 5.75 Å². The molecular formula is C19H19F13O2. The lowest BCUT2D eigenvalue weighted by atomic mass is 9.84. The van der Waals surface area contributed by atoms with Crippen LogP contribution in [0, 0.1) is 0 Å². The molecule has 0 radical (unpaired) electrons. The Balaban J connectivity index is 3.33. The van der Waals surface area contributed by atoms with Gasteiger partial charge in [0, 0.05) is 0 Å². The van der Waals surface area contributed by atoms with Crippen molar-refractivity contribution in [3.63, 3.8) is 0 Å². The molecule has 0 aliphatic rings. The summed E-state index contributed by atoms with van der Waals surface area (Å²) < 4.78 is 177. The lowest BCUT2D eigenvalue weighted by Crippen LogP contribution is -2.70. The third kappa shape index (κ3) is 5.03. The van der Waals surface area contributed by atoms with Crippen molar-refractivity contribution >= 4 is 0 Å². The summed E-state index contributed by atoms with van der Waals surface area (Å²) in [4.78, 5) is 0. The van der Waals surface area contributed by atoms with Gasteiger partial charge in [-0.2, -0.15) is 57.1 Å². The largest absolute Gasteiger partial charge is 0.491 e. The second-order valence-corrected chi connectivity index (χ2v) is 7.81. The molecule has 34 heavy (non-hydrogen) atoms. The zero-order chi connectivity index (χ0) is 27.2. The van der Waals surface area contributed by atoms with E-state index in [4.69, 9.17) is 4.74 Å². The first-order valence-electron chi connectivity index (χ1n) is 9.34. The molecule has 0 heterocycles. The number of alkyl halides is 13. The first kappa shape index (κ1) is 30.1. The number of aliphatic hydroxyl groups is 1. The SMILES string of the molecule is CCC(C)Oc1ccc(C(C)(O)CC(F)(F)C(F)(F)C(F)(F)C(F)(F)C(F)(F)C(F)(F)F)cc1. The molecule has 2 atom stereocenters. The van der Waals surface area contributed by atoms with E-state index in [1.165, 1.54) is 0 Å². The van der Waals surface area contributed by atoms with Gasteiger partial charge in [-0.15, -0.1) is 0 Å². The minimum atomic E-state index is -7.98. The molecule has 15 heteroatoms. The minimum Gasteiger partial charge on any atom is -0.491 e. The highest BCUT2D eigenvalue weighted by Crippen LogP contribution is 2.61. The monoisotopic (exact) mass is 526 g/mol. The van der Waals surface area contributed by atoms with Gasteiger partial charge in [0.15, 0.2) is 0 Å². The summed E-state index contributed by atoms with van der Waals surface area (Å²) in [6.07, 6.45) is -10.0. The van der Waals surface area contributed by atoms with Gasteiger partial charge < -0.3 is 9.84 Å².